The van der Waals surface area contributed by atoms with Gasteiger partial charge in [0.15, 0.2) is 0 Å². The first kappa shape index (κ1) is 8.62. The molecule has 1 unspecified atom stereocenters. The van der Waals surface area contributed by atoms with Gasteiger partial charge in [-0.25, -0.2) is 0 Å². The Bertz CT molecular complexity index is 188. The summed E-state index contributed by atoms with van der Waals surface area (Å²) in [7, 11) is 0. The SMILES string of the molecule is C#CC1(O)CCCCC1(C)C. The Morgan fingerprint density at radius 2 is 1.82 bits per heavy atom. The van der Waals surface area contributed by atoms with E-state index in [1.54, 1.807) is 0 Å². The molecule has 0 aromatic heterocycles. The number of hydrogen-bond acceptors (Lipinski definition) is 1. The molecular formula is C10H16O. The topological polar surface area (TPSA) is 20.2 Å². The van der Waals surface area contributed by atoms with Gasteiger partial charge in [-0.05, 0) is 19.3 Å². The number of terminal acetylenes is 1. The fourth-order valence-corrected chi connectivity index (χ4v) is 1.76. The second-order valence-electron chi connectivity index (χ2n) is 4.10. The lowest BCUT2D eigenvalue weighted by Gasteiger charge is -2.42. The van der Waals surface area contributed by atoms with E-state index in [-0.39, 0.29) is 5.41 Å². The fraction of sp³-hybridized carbons (Fsp3) is 0.800. The average Bonchev–Trinajstić information content (AvgIpc) is 1.95. The molecule has 1 fully saturated rings. The van der Waals surface area contributed by atoms with Crippen LogP contribution in [0.1, 0.15) is 39.5 Å². The molecule has 1 N–H and O–H groups in total. The van der Waals surface area contributed by atoms with Gasteiger partial charge in [0.05, 0.1) is 0 Å². The highest BCUT2D eigenvalue weighted by Gasteiger charge is 2.43. The van der Waals surface area contributed by atoms with Crippen LogP contribution in [0.2, 0.25) is 0 Å². The van der Waals surface area contributed by atoms with Gasteiger partial charge in [0.1, 0.15) is 5.60 Å². The Labute approximate surface area is 68.8 Å². The summed E-state index contributed by atoms with van der Waals surface area (Å²) in [6, 6.07) is 0. The molecule has 0 aromatic rings. The van der Waals surface area contributed by atoms with Crippen molar-refractivity contribution in [1.29, 1.82) is 0 Å². The summed E-state index contributed by atoms with van der Waals surface area (Å²) in [5.74, 6) is 2.53. The molecule has 1 rings (SSSR count). The van der Waals surface area contributed by atoms with Crippen molar-refractivity contribution in [1.82, 2.24) is 0 Å². The molecular weight excluding hydrogens is 136 g/mol. The molecule has 1 saturated carbocycles. The Hall–Kier alpha value is -0.480. The third-order valence-electron chi connectivity index (χ3n) is 2.95. The standard InChI is InChI=1S/C10H16O/c1-4-10(11)8-6-5-7-9(10,2)3/h1,11H,5-8H2,2-3H3. The van der Waals surface area contributed by atoms with Crippen molar-refractivity contribution in [3.63, 3.8) is 0 Å². The molecule has 0 amide bonds. The van der Waals surface area contributed by atoms with E-state index in [1.807, 2.05) is 13.8 Å². The van der Waals surface area contributed by atoms with E-state index in [4.69, 9.17) is 6.42 Å². The monoisotopic (exact) mass is 152 g/mol. The minimum atomic E-state index is -0.856. The lowest BCUT2D eigenvalue weighted by Crippen LogP contribution is -2.45. The third-order valence-corrected chi connectivity index (χ3v) is 2.95. The number of aliphatic hydroxyl groups is 1. The van der Waals surface area contributed by atoms with Crippen LogP contribution < -0.4 is 0 Å². The van der Waals surface area contributed by atoms with Crippen LogP contribution in [0, 0.1) is 17.8 Å². The number of rotatable bonds is 0. The smallest absolute Gasteiger partial charge is 0.130 e. The lowest BCUT2D eigenvalue weighted by molar-refractivity contribution is -0.0479. The van der Waals surface area contributed by atoms with Crippen LogP contribution in [-0.2, 0) is 0 Å². The highest BCUT2D eigenvalue weighted by atomic mass is 16.3. The Kier molecular flexibility index (Phi) is 1.98. The van der Waals surface area contributed by atoms with Crippen LogP contribution in [-0.4, -0.2) is 10.7 Å². The van der Waals surface area contributed by atoms with Crippen molar-refractivity contribution in [2.24, 2.45) is 5.41 Å². The van der Waals surface area contributed by atoms with Gasteiger partial charge in [-0.3, -0.25) is 0 Å². The summed E-state index contributed by atoms with van der Waals surface area (Å²) in [5, 5.41) is 9.97. The van der Waals surface area contributed by atoms with Crippen LogP contribution in [0.5, 0.6) is 0 Å². The van der Waals surface area contributed by atoms with E-state index in [0.717, 1.165) is 19.3 Å². The third kappa shape index (κ3) is 1.28. The van der Waals surface area contributed by atoms with Crippen molar-refractivity contribution in [2.45, 2.75) is 45.1 Å². The van der Waals surface area contributed by atoms with E-state index in [1.165, 1.54) is 6.42 Å². The van der Waals surface area contributed by atoms with Crippen LogP contribution in [0.3, 0.4) is 0 Å². The van der Waals surface area contributed by atoms with Crippen LogP contribution in [0.4, 0.5) is 0 Å². The second-order valence-corrected chi connectivity index (χ2v) is 4.10. The van der Waals surface area contributed by atoms with Crippen molar-refractivity contribution >= 4 is 0 Å². The predicted molar refractivity (Wildman–Crippen MR) is 46.0 cm³/mol. The zero-order chi connectivity index (χ0) is 8.54. The quantitative estimate of drug-likeness (QED) is 0.526. The summed E-state index contributed by atoms with van der Waals surface area (Å²) >= 11 is 0. The molecule has 11 heavy (non-hydrogen) atoms. The predicted octanol–water partition coefficient (Wildman–Crippen LogP) is 1.95. The lowest BCUT2D eigenvalue weighted by atomic mass is 9.66. The molecule has 1 nitrogen and oxygen atoms in total. The van der Waals surface area contributed by atoms with Gasteiger partial charge >= 0.3 is 0 Å². The maximum Gasteiger partial charge on any atom is 0.130 e. The van der Waals surface area contributed by atoms with Gasteiger partial charge in [0.25, 0.3) is 0 Å². The maximum absolute atomic E-state index is 9.97. The molecule has 1 atom stereocenters. The first-order chi connectivity index (χ1) is 5.02. The van der Waals surface area contributed by atoms with Crippen molar-refractivity contribution in [2.75, 3.05) is 0 Å². The van der Waals surface area contributed by atoms with Gasteiger partial charge in [0.2, 0.25) is 0 Å². The molecule has 0 bridgehead atoms. The van der Waals surface area contributed by atoms with Gasteiger partial charge in [-0.15, -0.1) is 6.42 Å². The summed E-state index contributed by atoms with van der Waals surface area (Å²) in [5.41, 5.74) is -0.953. The van der Waals surface area contributed by atoms with E-state index in [2.05, 4.69) is 5.92 Å². The minimum absolute atomic E-state index is 0.0972. The number of hydrogen-bond donors (Lipinski definition) is 1. The van der Waals surface area contributed by atoms with Crippen molar-refractivity contribution in [3.8, 4) is 12.3 Å². The fourth-order valence-electron chi connectivity index (χ4n) is 1.76. The van der Waals surface area contributed by atoms with Gasteiger partial charge in [0, 0.05) is 5.41 Å². The van der Waals surface area contributed by atoms with Gasteiger partial charge < -0.3 is 5.11 Å². The zero-order valence-electron chi connectivity index (χ0n) is 7.35. The molecule has 0 radical (unpaired) electrons. The summed E-state index contributed by atoms with van der Waals surface area (Å²) in [6.45, 7) is 4.10. The van der Waals surface area contributed by atoms with Gasteiger partial charge in [-0.1, -0.05) is 26.2 Å². The molecule has 0 aliphatic heterocycles. The zero-order valence-corrected chi connectivity index (χ0v) is 7.35. The summed E-state index contributed by atoms with van der Waals surface area (Å²) < 4.78 is 0. The average molecular weight is 152 g/mol. The molecule has 1 aliphatic rings. The largest absolute Gasteiger partial charge is 0.377 e. The Morgan fingerprint density at radius 1 is 1.27 bits per heavy atom. The van der Waals surface area contributed by atoms with Gasteiger partial charge in [-0.2, -0.15) is 0 Å². The molecule has 0 saturated heterocycles. The Balaban J connectivity index is 2.85. The highest BCUT2D eigenvalue weighted by Crippen LogP contribution is 2.43. The highest BCUT2D eigenvalue weighted by molar-refractivity contribution is 5.15. The summed E-state index contributed by atoms with van der Waals surface area (Å²) in [4.78, 5) is 0. The molecule has 0 spiro atoms. The minimum Gasteiger partial charge on any atom is -0.377 e. The molecule has 1 aliphatic carbocycles. The van der Waals surface area contributed by atoms with E-state index < -0.39 is 5.60 Å². The first-order valence-electron chi connectivity index (χ1n) is 4.22. The van der Waals surface area contributed by atoms with Crippen LogP contribution in [0.15, 0.2) is 0 Å². The summed E-state index contributed by atoms with van der Waals surface area (Å²) in [6.07, 6.45) is 9.36. The molecule has 0 heterocycles. The molecule has 0 aromatic carbocycles. The molecule has 1 heteroatoms. The normalized spacial score (nSPS) is 36.2. The first-order valence-corrected chi connectivity index (χ1v) is 4.22. The molecule has 62 valence electrons. The van der Waals surface area contributed by atoms with Crippen LogP contribution >= 0.6 is 0 Å². The second kappa shape index (κ2) is 2.53. The maximum atomic E-state index is 9.97. The van der Waals surface area contributed by atoms with E-state index in [0.29, 0.717) is 0 Å². The van der Waals surface area contributed by atoms with E-state index in [9.17, 15) is 5.11 Å². The van der Waals surface area contributed by atoms with E-state index >= 15 is 0 Å². The van der Waals surface area contributed by atoms with Crippen molar-refractivity contribution in [3.05, 3.63) is 0 Å². The van der Waals surface area contributed by atoms with Crippen molar-refractivity contribution < 1.29 is 5.11 Å². The van der Waals surface area contributed by atoms with Crippen LogP contribution in [0.25, 0.3) is 0 Å². The Morgan fingerprint density at radius 3 is 2.18 bits per heavy atom.